The fourth-order valence-electron chi connectivity index (χ4n) is 2.43. The van der Waals surface area contributed by atoms with Crippen LogP contribution < -0.4 is 10.1 Å². The molecule has 8 heteroatoms. The number of carbonyl (C=O) groups is 1. The number of aryl methyl sites for hydroxylation is 2. The third kappa shape index (κ3) is 5.58. The molecule has 0 radical (unpaired) electrons. The van der Waals surface area contributed by atoms with Gasteiger partial charge >= 0.3 is 0 Å². The van der Waals surface area contributed by atoms with Gasteiger partial charge in [-0.2, -0.15) is 0 Å². The third-order valence-electron chi connectivity index (χ3n) is 3.73. The summed E-state index contributed by atoms with van der Waals surface area (Å²) >= 11 is 4.63. The molecule has 0 aliphatic carbocycles. The van der Waals surface area contributed by atoms with Crippen LogP contribution in [-0.2, 0) is 11.4 Å². The molecule has 0 atom stereocenters. The number of nitrogens with one attached hydrogen (secondary N) is 2. The number of carbonyl (C=O) groups excluding carboxylic acids is 1. The van der Waals surface area contributed by atoms with Crippen LogP contribution in [0.4, 0.5) is 5.69 Å². The zero-order valence-corrected chi connectivity index (χ0v) is 17.4. The molecule has 6 nitrogen and oxygen atoms in total. The molecule has 0 unspecified atom stereocenters. The maximum atomic E-state index is 12.0. The van der Waals surface area contributed by atoms with Gasteiger partial charge in [-0.05, 0) is 49.2 Å². The number of hydrogen-bond acceptors (Lipinski definition) is 5. The number of halogens is 1. The number of ether oxygens (including phenoxy) is 1. The number of aromatic nitrogens is 3. The highest BCUT2D eigenvalue weighted by Gasteiger charge is 2.10. The van der Waals surface area contributed by atoms with Crippen LogP contribution in [0.25, 0.3) is 0 Å². The lowest BCUT2D eigenvalue weighted by molar-refractivity contribution is -0.113. The molecule has 3 aromatic rings. The van der Waals surface area contributed by atoms with E-state index in [-0.39, 0.29) is 11.7 Å². The third-order valence-corrected chi connectivity index (χ3v) is 5.11. The highest BCUT2D eigenvalue weighted by molar-refractivity contribution is 9.10. The number of rotatable bonds is 7. The molecule has 0 aliphatic rings. The lowest BCUT2D eigenvalue weighted by atomic mass is 10.1. The molecule has 140 valence electrons. The van der Waals surface area contributed by atoms with Crippen molar-refractivity contribution in [3.05, 3.63) is 63.9 Å². The average Bonchev–Trinajstić information content (AvgIpc) is 3.09. The van der Waals surface area contributed by atoms with Gasteiger partial charge in [0.1, 0.15) is 12.4 Å². The number of thioether (sulfide) groups is 1. The van der Waals surface area contributed by atoms with E-state index in [1.165, 1.54) is 11.8 Å². The summed E-state index contributed by atoms with van der Waals surface area (Å²) in [6.45, 7) is 4.31. The summed E-state index contributed by atoms with van der Waals surface area (Å²) in [4.78, 5) is 16.4. The zero-order chi connectivity index (χ0) is 19.2. The Morgan fingerprint density at radius 1 is 1.19 bits per heavy atom. The summed E-state index contributed by atoms with van der Waals surface area (Å²) in [5, 5.41) is 10.3. The zero-order valence-electron chi connectivity index (χ0n) is 15.0. The van der Waals surface area contributed by atoms with Crippen molar-refractivity contribution in [2.75, 3.05) is 11.1 Å². The first-order valence-corrected chi connectivity index (χ1v) is 10.1. The lowest BCUT2D eigenvalue weighted by Crippen LogP contribution is -2.14. The van der Waals surface area contributed by atoms with Gasteiger partial charge in [-0.3, -0.25) is 9.89 Å². The number of anilines is 1. The maximum absolute atomic E-state index is 12.0. The smallest absolute Gasteiger partial charge is 0.234 e. The van der Waals surface area contributed by atoms with E-state index < -0.39 is 0 Å². The lowest BCUT2D eigenvalue weighted by Gasteiger charge is -2.10. The summed E-state index contributed by atoms with van der Waals surface area (Å²) in [5.41, 5.74) is 2.91. The van der Waals surface area contributed by atoms with Crippen LogP contribution in [0.15, 0.2) is 52.1 Å². The van der Waals surface area contributed by atoms with Crippen LogP contribution in [0, 0.1) is 13.8 Å². The van der Waals surface area contributed by atoms with E-state index in [2.05, 4.69) is 36.4 Å². The van der Waals surface area contributed by atoms with Crippen molar-refractivity contribution >= 4 is 39.3 Å². The number of benzene rings is 2. The quantitative estimate of drug-likeness (QED) is 0.522. The molecular weight excluding hydrogens is 428 g/mol. The Balaban J connectivity index is 1.49. The Kier molecular flexibility index (Phi) is 6.52. The van der Waals surface area contributed by atoms with Crippen molar-refractivity contribution in [2.45, 2.75) is 25.6 Å². The van der Waals surface area contributed by atoms with Gasteiger partial charge in [-0.25, -0.2) is 4.98 Å². The van der Waals surface area contributed by atoms with Gasteiger partial charge in [0, 0.05) is 10.2 Å². The Morgan fingerprint density at radius 2 is 1.89 bits per heavy atom. The number of para-hydroxylation sites is 1. The minimum atomic E-state index is -0.111. The number of aromatic amines is 1. The number of H-pyrrole nitrogens is 1. The second kappa shape index (κ2) is 9.05. The van der Waals surface area contributed by atoms with Gasteiger partial charge in [0.15, 0.2) is 5.82 Å². The summed E-state index contributed by atoms with van der Waals surface area (Å²) in [6, 6.07) is 13.4. The van der Waals surface area contributed by atoms with Gasteiger partial charge in [-0.1, -0.05) is 45.9 Å². The van der Waals surface area contributed by atoms with E-state index in [4.69, 9.17) is 4.74 Å². The van der Waals surface area contributed by atoms with Gasteiger partial charge in [0.25, 0.3) is 0 Å². The molecule has 0 bridgehead atoms. The highest BCUT2D eigenvalue weighted by atomic mass is 79.9. The van der Waals surface area contributed by atoms with Crippen molar-refractivity contribution in [2.24, 2.45) is 0 Å². The molecule has 0 fully saturated rings. The van der Waals surface area contributed by atoms with E-state index >= 15 is 0 Å². The molecule has 2 aromatic carbocycles. The van der Waals surface area contributed by atoms with Crippen LogP contribution in [0.3, 0.4) is 0 Å². The van der Waals surface area contributed by atoms with Crippen LogP contribution in [0.1, 0.15) is 17.0 Å². The van der Waals surface area contributed by atoms with E-state index in [0.29, 0.717) is 17.6 Å². The van der Waals surface area contributed by atoms with Gasteiger partial charge < -0.3 is 10.1 Å². The highest BCUT2D eigenvalue weighted by Crippen LogP contribution is 2.23. The minimum Gasteiger partial charge on any atom is -0.485 e. The van der Waals surface area contributed by atoms with Crippen molar-refractivity contribution in [1.29, 1.82) is 0 Å². The average molecular weight is 447 g/mol. The van der Waals surface area contributed by atoms with E-state index in [9.17, 15) is 4.79 Å². The van der Waals surface area contributed by atoms with Crippen LogP contribution in [-0.4, -0.2) is 26.8 Å². The van der Waals surface area contributed by atoms with Crippen LogP contribution in [0.2, 0.25) is 0 Å². The summed E-state index contributed by atoms with van der Waals surface area (Å²) in [7, 11) is 0. The topological polar surface area (TPSA) is 79.9 Å². The standard InChI is InChI=1S/C19H19BrN4O2S/c1-12-4-3-5-13(2)18(12)26-10-16-22-19(24-23-16)27-11-17(25)21-15-8-6-14(20)7-9-15/h3-9H,10-11H2,1-2H3,(H,21,25)(H,22,23,24). The van der Waals surface area contributed by atoms with Crippen LogP contribution >= 0.6 is 27.7 Å². The fourth-order valence-corrected chi connectivity index (χ4v) is 3.32. The van der Waals surface area contributed by atoms with E-state index in [1.807, 2.05) is 56.3 Å². The second-order valence-electron chi connectivity index (χ2n) is 5.92. The minimum absolute atomic E-state index is 0.111. The molecule has 0 aliphatic heterocycles. The Labute approximate surface area is 170 Å². The molecular formula is C19H19BrN4O2S. The normalized spacial score (nSPS) is 10.6. The number of amides is 1. The first-order valence-electron chi connectivity index (χ1n) is 8.30. The predicted molar refractivity (Wildman–Crippen MR) is 110 cm³/mol. The molecule has 0 saturated carbocycles. The summed E-state index contributed by atoms with van der Waals surface area (Å²) in [6.07, 6.45) is 0. The van der Waals surface area contributed by atoms with Crippen LogP contribution in [0.5, 0.6) is 5.75 Å². The first kappa shape index (κ1) is 19.4. The molecule has 0 saturated heterocycles. The molecule has 1 heterocycles. The molecule has 1 amide bonds. The number of nitrogens with zero attached hydrogens (tertiary/aromatic N) is 2. The summed E-state index contributed by atoms with van der Waals surface area (Å²) in [5.74, 6) is 1.59. The SMILES string of the molecule is Cc1cccc(C)c1OCc1nc(SCC(=O)Nc2ccc(Br)cc2)n[nH]1. The fraction of sp³-hybridized carbons (Fsp3) is 0.211. The maximum Gasteiger partial charge on any atom is 0.234 e. The molecule has 27 heavy (non-hydrogen) atoms. The molecule has 2 N–H and O–H groups in total. The molecule has 1 aromatic heterocycles. The predicted octanol–water partition coefficient (Wildman–Crippen LogP) is 4.49. The van der Waals surface area contributed by atoms with E-state index in [1.54, 1.807) is 0 Å². The monoisotopic (exact) mass is 446 g/mol. The largest absolute Gasteiger partial charge is 0.485 e. The molecule has 0 spiro atoms. The van der Waals surface area contributed by atoms with Crippen molar-refractivity contribution < 1.29 is 9.53 Å². The Morgan fingerprint density at radius 3 is 2.59 bits per heavy atom. The van der Waals surface area contributed by atoms with Crippen molar-refractivity contribution in [1.82, 2.24) is 15.2 Å². The van der Waals surface area contributed by atoms with E-state index in [0.717, 1.165) is 27.0 Å². The Hall–Kier alpha value is -2.32. The van der Waals surface area contributed by atoms with Gasteiger partial charge in [-0.15, -0.1) is 5.10 Å². The number of hydrogen-bond donors (Lipinski definition) is 2. The Bertz CT molecular complexity index is 907. The van der Waals surface area contributed by atoms with Gasteiger partial charge in [0.2, 0.25) is 11.1 Å². The summed E-state index contributed by atoms with van der Waals surface area (Å²) < 4.78 is 6.82. The van der Waals surface area contributed by atoms with Crippen molar-refractivity contribution in [3.63, 3.8) is 0 Å². The van der Waals surface area contributed by atoms with Crippen molar-refractivity contribution in [3.8, 4) is 5.75 Å². The van der Waals surface area contributed by atoms with Gasteiger partial charge in [0.05, 0.1) is 5.75 Å². The second-order valence-corrected chi connectivity index (χ2v) is 7.78. The molecule has 3 rings (SSSR count). The first-order chi connectivity index (χ1) is 13.0.